The van der Waals surface area contributed by atoms with Crippen molar-refractivity contribution < 1.29 is 65.1 Å². The Morgan fingerprint density at radius 2 is 0.952 bits per heavy atom. The number of amides is 2. The third-order valence-corrected chi connectivity index (χ3v) is 28.4. The highest BCUT2D eigenvalue weighted by molar-refractivity contribution is 7.91. The van der Waals surface area contributed by atoms with Crippen LogP contribution in [0.2, 0.25) is 10.0 Å². The molecule has 0 unspecified atom stereocenters. The minimum atomic E-state index is -4.04. The first-order chi connectivity index (χ1) is 49.7. The van der Waals surface area contributed by atoms with Gasteiger partial charge in [0.25, 0.3) is 11.8 Å². The second-order valence-electron chi connectivity index (χ2n) is 30.3. The van der Waals surface area contributed by atoms with E-state index in [0.29, 0.717) is 96.0 Å². The Labute approximate surface area is 621 Å². The SMILES string of the molecule is COC(OC)c1cncc([C@@]2(O)/C=C/C[C@H](C)[C@@H](C)S(=O)(=O)NC(=O)c3ccc4c(c3)N(C[C@@H]3CC[C@H]32)C[C@@]2(CCCc3cc(Cl)ccc32)CO4)c1.COC(OC)c1cncc([C@]2(O)/C=C/C[C@H](C)[C@@H](C)S(=O)(=O)NC(=O)c3ccc4c(c3)N(C[C@@H]3CC[C@H]32)C[C@@]2(CCCc3cc(Cl)ccc32)CO4)c1. The number of pyridine rings is 2. The maximum Gasteiger partial charge on any atom is 0.264 e. The molecule has 14 rings (SSSR count). The van der Waals surface area contributed by atoms with E-state index in [-0.39, 0.29) is 57.5 Å². The minimum absolute atomic E-state index is 0.0670. The zero-order chi connectivity index (χ0) is 73.7. The number of sulfonamides is 2. The predicted molar refractivity (Wildman–Crippen MR) is 400 cm³/mol. The van der Waals surface area contributed by atoms with Crippen LogP contribution in [-0.4, -0.2) is 127 Å². The first-order valence-electron chi connectivity index (χ1n) is 36.3. The molecule has 4 aliphatic carbocycles. The molecule has 6 heterocycles. The minimum Gasteiger partial charge on any atom is -0.490 e. The number of carbonyl (C=O) groups is 2. The number of nitrogens with one attached hydrogen (secondary N) is 2. The molecule has 104 heavy (non-hydrogen) atoms. The Hall–Kier alpha value is -6.96. The van der Waals surface area contributed by atoms with Gasteiger partial charge in [-0.2, -0.15) is 0 Å². The molecule has 8 aliphatic rings. The van der Waals surface area contributed by atoms with Crippen molar-refractivity contribution in [2.75, 3.05) is 77.6 Å². The standard InChI is InChI=1S/2C40H48ClN3O7S/c2*1-25-7-5-16-40(46,31-17-30(20-42-21-31)38(49-3)50-4)34-12-9-29(34)22-44-23-39(15-6-8-27-18-32(41)11-13-33(27)39)24-51-36-14-10-28(19-35(36)44)37(45)43-52(47,48)26(25)2/h2*5,10-11,13-14,16-21,25-26,29,34,38,46H,6-9,12,15,22-24H2,1-4H3,(H,43,45)/b2*16-5+/t25-,26+,29-,34+,39-,40+;25-,26+,29-,34+,39-,40-/m00/s1. The van der Waals surface area contributed by atoms with Crippen LogP contribution >= 0.6 is 23.2 Å². The number of aliphatic hydroxyl groups is 2. The Morgan fingerprint density at radius 1 is 0.548 bits per heavy atom. The number of methoxy groups -OCH3 is 4. The van der Waals surface area contributed by atoms with Crippen molar-refractivity contribution in [2.45, 2.75) is 150 Å². The summed E-state index contributed by atoms with van der Waals surface area (Å²) in [4.78, 5) is 40.8. The normalized spacial score (nSPS) is 30.7. The first-order valence-corrected chi connectivity index (χ1v) is 40.1. The fraction of sp³-hybridized carbons (Fsp3) is 0.500. The monoisotopic (exact) mass is 1500 g/mol. The Bertz CT molecular complexity index is 4220. The van der Waals surface area contributed by atoms with E-state index in [0.717, 1.165) is 75.6 Å². The van der Waals surface area contributed by atoms with Crippen LogP contribution in [0.4, 0.5) is 11.4 Å². The number of aryl methyl sites for hydroxylation is 2. The summed E-state index contributed by atoms with van der Waals surface area (Å²) in [7, 11) is -1.84. The number of aromatic nitrogens is 2. The lowest BCUT2D eigenvalue weighted by atomic mass is 9.62. The number of ether oxygens (including phenoxy) is 6. The molecule has 0 saturated heterocycles. The molecule has 20 nitrogen and oxygen atoms in total. The highest BCUT2D eigenvalue weighted by atomic mass is 35.5. The Balaban J connectivity index is 0.000000185. The number of hydrogen-bond acceptors (Lipinski definition) is 18. The fourth-order valence-corrected chi connectivity index (χ4v) is 20.5. The maximum atomic E-state index is 13.6. The second kappa shape index (κ2) is 30.4. The molecule has 6 aromatic rings. The van der Waals surface area contributed by atoms with Gasteiger partial charge in [0.15, 0.2) is 12.6 Å². The smallest absolute Gasteiger partial charge is 0.264 e. The van der Waals surface area contributed by atoms with E-state index in [1.807, 2.05) is 62.4 Å². The fourth-order valence-electron chi connectivity index (χ4n) is 17.5. The van der Waals surface area contributed by atoms with Crippen molar-refractivity contribution in [3.05, 3.63) is 200 Å². The van der Waals surface area contributed by atoms with Crippen LogP contribution in [0.25, 0.3) is 0 Å². The highest BCUT2D eigenvalue weighted by Gasteiger charge is 2.52. The van der Waals surface area contributed by atoms with Gasteiger partial charge in [0.05, 0.1) is 35.1 Å². The number of rotatable bonds is 8. The lowest BCUT2D eigenvalue weighted by Gasteiger charge is -2.49. The summed E-state index contributed by atoms with van der Waals surface area (Å²) in [6.07, 6.45) is 22.5. The van der Waals surface area contributed by atoms with Gasteiger partial charge in [0.2, 0.25) is 20.0 Å². The zero-order valence-electron chi connectivity index (χ0n) is 60.4. The molecule has 2 aromatic heterocycles. The number of allylic oxidation sites excluding steroid dienone is 2. The average Bonchev–Trinajstić information content (AvgIpc) is 1.66. The molecular weight excluding hydrogens is 1400 g/mol. The molecule has 2 spiro atoms. The largest absolute Gasteiger partial charge is 0.490 e. The molecule has 12 atom stereocenters. The highest BCUT2D eigenvalue weighted by Crippen LogP contribution is 2.54. The van der Waals surface area contributed by atoms with Gasteiger partial charge in [0, 0.05) is 145 Å². The maximum absolute atomic E-state index is 13.6. The lowest BCUT2D eigenvalue weighted by molar-refractivity contribution is -0.106. The van der Waals surface area contributed by atoms with Crippen LogP contribution in [0.5, 0.6) is 11.5 Å². The zero-order valence-corrected chi connectivity index (χ0v) is 63.5. The van der Waals surface area contributed by atoms with E-state index in [2.05, 4.69) is 53.5 Å². The van der Waals surface area contributed by atoms with E-state index in [4.69, 9.17) is 51.6 Å². The van der Waals surface area contributed by atoms with Gasteiger partial charge in [-0.15, -0.1) is 0 Å². The second-order valence-corrected chi connectivity index (χ2v) is 35.3. The van der Waals surface area contributed by atoms with E-state index >= 15 is 0 Å². The summed E-state index contributed by atoms with van der Waals surface area (Å²) in [6, 6.07) is 26.4. The van der Waals surface area contributed by atoms with Crippen LogP contribution in [0.1, 0.15) is 170 Å². The third-order valence-electron chi connectivity index (χ3n) is 24.1. The topological polar surface area (TPSA) is 255 Å². The van der Waals surface area contributed by atoms with E-state index < -0.39 is 66.1 Å². The van der Waals surface area contributed by atoms with Gasteiger partial charge in [-0.05, 0) is 210 Å². The summed E-state index contributed by atoms with van der Waals surface area (Å²) >= 11 is 12.9. The summed E-state index contributed by atoms with van der Waals surface area (Å²) in [5.41, 5.74) is 5.88. The molecule has 24 heteroatoms. The van der Waals surface area contributed by atoms with Gasteiger partial charge < -0.3 is 48.4 Å². The summed E-state index contributed by atoms with van der Waals surface area (Å²) in [5.74, 6) is -1.01. The molecule has 4 bridgehead atoms. The third kappa shape index (κ3) is 14.7. The van der Waals surface area contributed by atoms with Gasteiger partial charge >= 0.3 is 0 Å². The Kier molecular flexibility index (Phi) is 22.0. The van der Waals surface area contributed by atoms with Crippen LogP contribution < -0.4 is 28.7 Å². The summed E-state index contributed by atoms with van der Waals surface area (Å²) in [6.45, 7) is 10.2. The molecule has 0 radical (unpaired) electrons. The van der Waals surface area contributed by atoms with E-state index in [1.54, 1.807) is 103 Å². The van der Waals surface area contributed by atoms with Crippen LogP contribution in [0, 0.1) is 35.5 Å². The van der Waals surface area contributed by atoms with Crippen LogP contribution in [-0.2, 0) is 73.9 Å². The predicted octanol–water partition coefficient (Wildman–Crippen LogP) is 12.9. The first kappa shape index (κ1) is 75.3. The molecule has 4 N–H and O–H groups in total. The molecule has 556 valence electrons. The molecule has 2 saturated carbocycles. The van der Waals surface area contributed by atoms with Crippen molar-refractivity contribution in [1.82, 2.24) is 19.4 Å². The Morgan fingerprint density at radius 3 is 1.33 bits per heavy atom. The molecule has 2 amide bonds. The molecule has 4 aliphatic heterocycles. The summed E-state index contributed by atoms with van der Waals surface area (Å²) in [5, 5.41) is 25.4. The number of halogens is 2. The molecule has 4 aromatic carbocycles. The van der Waals surface area contributed by atoms with Gasteiger partial charge in [-0.1, -0.05) is 73.5 Å². The van der Waals surface area contributed by atoms with Gasteiger partial charge in [-0.3, -0.25) is 19.6 Å². The summed E-state index contributed by atoms with van der Waals surface area (Å²) < 4.78 is 94.2. The molecule has 2 fully saturated rings. The lowest BCUT2D eigenvalue weighted by Crippen LogP contribution is -2.51. The van der Waals surface area contributed by atoms with Crippen LogP contribution in [0.3, 0.4) is 0 Å². The number of nitrogens with zero attached hydrogens (tertiary/aromatic N) is 4. The van der Waals surface area contributed by atoms with Gasteiger partial charge in [-0.25, -0.2) is 26.3 Å². The number of carbonyl (C=O) groups excluding carboxylic acids is 2. The number of hydrogen-bond donors (Lipinski definition) is 4. The quantitative estimate of drug-likeness (QED) is 0.0816. The van der Waals surface area contributed by atoms with Crippen molar-refractivity contribution in [1.29, 1.82) is 0 Å². The number of benzene rings is 4. The van der Waals surface area contributed by atoms with E-state index in [1.165, 1.54) is 22.3 Å². The van der Waals surface area contributed by atoms with Crippen molar-refractivity contribution in [2.24, 2.45) is 35.5 Å². The molecular formula is C80H96Cl2N6O14S2. The van der Waals surface area contributed by atoms with Gasteiger partial charge in [0.1, 0.15) is 22.7 Å². The van der Waals surface area contributed by atoms with Crippen molar-refractivity contribution >= 4 is 66.4 Å². The van der Waals surface area contributed by atoms with Crippen molar-refractivity contribution in [3.63, 3.8) is 0 Å². The van der Waals surface area contributed by atoms with E-state index in [9.17, 15) is 36.6 Å². The average molecular weight is 1500 g/mol. The number of anilines is 2. The van der Waals surface area contributed by atoms with Crippen LogP contribution in [0.15, 0.2) is 134 Å². The number of fused-ring (bicyclic) bond motifs is 8. The van der Waals surface area contributed by atoms with Crippen molar-refractivity contribution in [3.8, 4) is 11.5 Å².